The molecule has 1 saturated carbocycles. The molecule has 0 aromatic heterocycles. The predicted molar refractivity (Wildman–Crippen MR) is 96.2 cm³/mol. The van der Waals surface area contributed by atoms with E-state index in [1.54, 1.807) is 0 Å². The Morgan fingerprint density at radius 1 is 1.33 bits per heavy atom. The van der Waals surface area contributed by atoms with E-state index in [1.165, 1.54) is 32.1 Å². The molecular weight excluding hydrogens is 300 g/mol. The van der Waals surface area contributed by atoms with Crippen molar-refractivity contribution in [2.24, 2.45) is 17.6 Å². The number of nitrogens with zero attached hydrogens (tertiary/aromatic N) is 2. The van der Waals surface area contributed by atoms with E-state index in [9.17, 15) is 4.79 Å². The van der Waals surface area contributed by atoms with Gasteiger partial charge in [0.1, 0.15) is 0 Å². The molecule has 24 heavy (non-hydrogen) atoms. The van der Waals surface area contributed by atoms with Gasteiger partial charge in [0.05, 0.1) is 12.1 Å². The fourth-order valence-electron chi connectivity index (χ4n) is 4.05. The summed E-state index contributed by atoms with van der Waals surface area (Å²) < 4.78 is 0. The van der Waals surface area contributed by atoms with Crippen molar-refractivity contribution in [1.82, 2.24) is 10.2 Å². The summed E-state index contributed by atoms with van der Waals surface area (Å²) in [7, 11) is 0. The van der Waals surface area contributed by atoms with E-state index in [4.69, 9.17) is 11.0 Å². The van der Waals surface area contributed by atoms with Gasteiger partial charge >= 0.3 is 0 Å². The second-order valence-electron chi connectivity index (χ2n) is 7.66. The topological polar surface area (TPSA) is 82.2 Å². The summed E-state index contributed by atoms with van der Waals surface area (Å²) in [5.41, 5.74) is 6.13. The fourth-order valence-corrected chi connectivity index (χ4v) is 4.05. The summed E-state index contributed by atoms with van der Waals surface area (Å²) in [6.45, 7) is 4.91. The molecule has 1 aliphatic carbocycles. The van der Waals surface area contributed by atoms with Gasteiger partial charge in [-0.05, 0) is 38.1 Å². The van der Waals surface area contributed by atoms with Gasteiger partial charge in [-0.1, -0.05) is 39.0 Å². The van der Waals surface area contributed by atoms with Crippen molar-refractivity contribution in [3.05, 3.63) is 0 Å². The number of carbonyl (C=O) groups is 1. The number of nitrogens with one attached hydrogen (secondary N) is 1. The molecule has 0 spiro atoms. The summed E-state index contributed by atoms with van der Waals surface area (Å²) in [5.74, 6) is 0.815. The summed E-state index contributed by atoms with van der Waals surface area (Å²) >= 11 is 0. The number of amides is 1. The van der Waals surface area contributed by atoms with Crippen molar-refractivity contribution in [3.63, 3.8) is 0 Å². The highest BCUT2D eigenvalue weighted by atomic mass is 16.2. The quantitative estimate of drug-likeness (QED) is 0.714. The van der Waals surface area contributed by atoms with Gasteiger partial charge in [0.2, 0.25) is 5.91 Å². The zero-order valence-electron chi connectivity index (χ0n) is 15.2. The van der Waals surface area contributed by atoms with Gasteiger partial charge in [-0.25, -0.2) is 0 Å². The first-order valence-corrected chi connectivity index (χ1v) is 9.80. The van der Waals surface area contributed by atoms with E-state index in [0.29, 0.717) is 5.92 Å². The third-order valence-corrected chi connectivity index (χ3v) is 5.74. The van der Waals surface area contributed by atoms with Crippen LogP contribution in [0.25, 0.3) is 0 Å². The molecule has 1 amide bonds. The smallest absolute Gasteiger partial charge is 0.237 e. The zero-order valence-corrected chi connectivity index (χ0v) is 15.2. The minimum absolute atomic E-state index is 0.0240. The molecule has 2 aliphatic rings. The van der Waals surface area contributed by atoms with Crippen molar-refractivity contribution < 1.29 is 4.79 Å². The molecule has 2 fully saturated rings. The molecular formula is C19H34N4O. The number of hydrogen-bond donors (Lipinski definition) is 2. The summed E-state index contributed by atoms with van der Waals surface area (Å²) in [6.07, 6.45) is 10.0. The molecule has 3 unspecified atom stereocenters. The van der Waals surface area contributed by atoms with Crippen LogP contribution in [0.15, 0.2) is 0 Å². The highest BCUT2D eigenvalue weighted by Gasteiger charge is 2.27. The van der Waals surface area contributed by atoms with Crippen LogP contribution in [0.4, 0.5) is 0 Å². The van der Waals surface area contributed by atoms with Gasteiger partial charge in [-0.2, -0.15) is 5.26 Å². The molecule has 2 rings (SSSR count). The van der Waals surface area contributed by atoms with Crippen molar-refractivity contribution in [2.75, 3.05) is 19.6 Å². The Kier molecular flexibility index (Phi) is 8.01. The number of likely N-dealkylation sites (tertiary alicyclic amines) is 1. The highest BCUT2D eigenvalue weighted by Crippen LogP contribution is 2.27. The SMILES string of the molecule is CCC(C#N)CCN1CCC(NC(=O)C(N)CC2CCCCC2)C1. The van der Waals surface area contributed by atoms with Crippen LogP contribution in [-0.2, 0) is 4.79 Å². The highest BCUT2D eigenvalue weighted by molar-refractivity contribution is 5.81. The van der Waals surface area contributed by atoms with Crippen molar-refractivity contribution in [1.29, 1.82) is 5.26 Å². The van der Waals surface area contributed by atoms with Crippen LogP contribution in [-0.4, -0.2) is 42.5 Å². The normalized spacial score (nSPS) is 25.1. The van der Waals surface area contributed by atoms with E-state index in [-0.39, 0.29) is 23.9 Å². The molecule has 5 heteroatoms. The summed E-state index contributed by atoms with van der Waals surface area (Å²) in [4.78, 5) is 14.7. The second-order valence-corrected chi connectivity index (χ2v) is 7.66. The van der Waals surface area contributed by atoms with Crippen molar-refractivity contribution in [3.8, 4) is 6.07 Å². The first-order valence-electron chi connectivity index (χ1n) is 9.80. The van der Waals surface area contributed by atoms with E-state index in [2.05, 4.69) is 23.2 Å². The molecule has 136 valence electrons. The molecule has 0 aromatic rings. The summed E-state index contributed by atoms with van der Waals surface area (Å²) in [6, 6.07) is 2.22. The summed E-state index contributed by atoms with van der Waals surface area (Å²) in [5, 5.41) is 12.2. The van der Waals surface area contributed by atoms with Crippen LogP contribution in [0.5, 0.6) is 0 Å². The first kappa shape index (κ1) is 19.2. The Bertz CT molecular complexity index is 428. The number of carbonyl (C=O) groups excluding carboxylic acids is 1. The molecule has 0 aromatic carbocycles. The Labute approximate surface area is 147 Å². The van der Waals surface area contributed by atoms with Crippen LogP contribution in [0.2, 0.25) is 0 Å². The van der Waals surface area contributed by atoms with Gasteiger partial charge in [0.25, 0.3) is 0 Å². The number of nitriles is 1. The average Bonchev–Trinajstić information content (AvgIpc) is 3.04. The fraction of sp³-hybridized carbons (Fsp3) is 0.895. The van der Waals surface area contributed by atoms with Gasteiger partial charge in [0, 0.05) is 25.0 Å². The molecule has 3 N–H and O–H groups in total. The van der Waals surface area contributed by atoms with Crippen molar-refractivity contribution in [2.45, 2.75) is 76.8 Å². The lowest BCUT2D eigenvalue weighted by atomic mass is 9.85. The third kappa shape index (κ3) is 6.07. The van der Waals surface area contributed by atoms with Gasteiger partial charge < -0.3 is 16.0 Å². The molecule has 0 radical (unpaired) electrons. The lowest BCUT2D eigenvalue weighted by Crippen LogP contribution is -2.47. The Hall–Kier alpha value is -1.12. The van der Waals surface area contributed by atoms with Crippen LogP contribution in [0, 0.1) is 23.2 Å². The molecule has 0 bridgehead atoms. The van der Waals surface area contributed by atoms with Crippen LogP contribution >= 0.6 is 0 Å². The molecule has 5 nitrogen and oxygen atoms in total. The number of hydrogen-bond acceptors (Lipinski definition) is 4. The largest absolute Gasteiger partial charge is 0.351 e. The lowest BCUT2D eigenvalue weighted by Gasteiger charge is -2.25. The van der Waals surface area contributed by atoms with Crippen molar-refractivity contribution >= 4 is 5.91 Å². The molecule has 1 heterocycles. The molecule has 1 aliphatic heterocycles. The minimum Gasteiger partial charge on any atom is -0.351 e. The maximum atomic E-state index is 12.3. The standard InChI is InChI=1S/C19H34N4O/c1-2-15(13-20)8-10-23-11-9-17(14-23)22-19(24)18(21)12-16-6-4-3-5-7-16/h15-18H,2-12,14,21H2,1H3,(H,22,24). The minimum atomic E-state index is -0.356. The predicted octanol–water partition coefficient (Wildman–Crippen LogP) is 2.41. The maximum absolute atomic E-state index is 12.3. The van der Waals surface area contributed by atoms with E-state index < -0.39 is 0 Å². The molecule has 3 atom stereocenters. The van der Waals surface area contributed by atoms with Crippen LogP contribution in [0.1, 0.15) is 64.7 Å². The Morgan fingerprint density at radius 3 is 2.75 bits per heavy atom. The third-order valence-electron chi connectivity index (χ3n) is 5.74. The number of nitrogens with two attached hydrogens (primary N) is 1. The van der Waals surface area contributed by atoms with E-state index in [0.717, 1.165) is 45.3 Å². The Balaban J connectivity index is 1.66. The Morgan fingerprint density at radius 2 is 2.08 bits per heavy atom. The monoisotopic (exact) mass is 334 g/mol. The zero-order chi connectivity index (χ0) is 17.4. The van der Waals surface area contributed by atoms with Gasteiger partial charge in [-0.15, -0.1) is 0 Å². The van der Waals surface area contributed by atoms with Crippen LogP contribution < -0.4 is 11.1 Å². The average molecular weight is 335 g/mol. The maximum Gasteiger partial charge on any atom is 0.237 e. The van der Waals surface area contributed by atoms with E-state index >= 15 is 0 Å². The first-order chi connectivity index (χ1) is 11.6. The number of rotatable bonds is 8. The van der Waals surface area contributed by atoms with E-state index in [1.807, 2.05) is 0 Å². The second kappa shape index (κ2) is 10.0. The van der Waals surface area contributed by atoms with Gasteiger partial charge in [-0.3, -0.25) is 4.79 Å². The lowest BCUT2D eigenvalue weighted by molar-refractivity contribution is -0.123. The molecule has 1 saturated heterocycles. The van der Waals surface area contributed by atoms with Gasteiger partial charge in [0.15, 0.2) is 0 Å². The van der Waals surface area contributed by atoms with Crippen LogP contribution in [0.3, 0.4) is 0 Å².